The molecule has 4 rings (SSSR count). The van der Waals surface area contributed by atoms with Gasteiger partial charge in [0.05, 0.1) is 17.2 Å². The smallest absolute Gasteiger partial charge is 0.185 e. The molecule has 1 aliphatic heterocycles. The predicted octanol–water partition coefficient (Wildman–Crippen LogP) is 5.58. The molecule has 2 aromatic heterocycles. The molecule has 0 spiro atoms. The Labute approximate surface area is 188 Å². The van der Waals surface area contributed by atoms with Gasteiger partial charge in [-0.05, 0) is 32.0 Å². The highest BCUT2D eigenvalue weighted by atomic mass is 35.5. The van der Waals surface area contributed by atoms with Gasteiger partial charge in [-0.1, -0.05) is 11.6 Å². The van der Waals surface area contributed by atoms with Gasteiger partial charge in [0, 0.05) is 36.3 Å². The van der Waals surface area contributed by atoms with E-state index in [0.29, 0.717) is 34.1 Å². The maximum absolute atomic E-state index is 13.3. The topological polar surface area (TPSA) is 67.7 Å². The number of aliphatic imine (C=N–C) groups is 1. The first-order valence-corrected chi connectivity index (χ1v) is 11.1. The highest BCUT2D eigenvalue weighted by molar-refractivity contribution is 7.14. The SMILES string of the molecule is CCN(CC)c1nc(-c2nccc3c2N=C(COc2ccc(F)c(Cl)c2)CC3=O)cs1. The molecule has 1 aromatic carbocycles. The number of ether oxygens (including phenoxy) is 1. The molecule has 0 bridgehead atoms. The number of carbonyl (C=O) groups excluding carboxylic acids is 1. The molecule has 3 heterocycles. The summed E-state index contributed by atoms with van der Waals surface area (Å²) >= 11 is 7.34. The Kier molecular flexibility index (Phi) is 6.29. The Morgan fingerprint density at radius 2 is 2.06 bits per heavy atom. The van der Waals surface area contributed by atoms with E-state index < -0.39 is 5.82 Å². The number of thiazole rings is 1. The number of benzene rings is 1. The standard InChI is InChI=1S/C22H20ClFN4O2S/c1-3-28(4-2)22-27-18(12-31-22)21-20-15(7-8-25-21)19(29)9-13(26-20)11-30-14-5-6-17(24)16(23)10-14/h5-8,10,12H,3-4,9,11H2,1-2H3. The summed E-state index contributed by atoms with van der Waals surface area (Å²) in [6.45, 7) is 5.96. The average Bonchev–Trinajstić information content (AvgIpc) is 3.25. The summed E-state index contributed by atoms with van der Waals surface area (Å²) in [5.41, 5.74) is 2.85. The summed E-state index contributed by atoms with van der Waals surface area (Å²) < 4.78 is 19.0. The van der Waals surface area contributed by atoms with Crippen LogP contribution < -0.4 is 9.64 Å². The van der Waals surface area contributed by atoms with Gasteiger partial charge in [-0.2, -0.15) is 0 Å². The Bertz CT molecular complexity index is 1160. The van der Waals surface area contributed by atoms with Gasteiger partial charge in [-0.3, -0.25) is 14.8 Å². The maximum Gasteiger partial charge on any atom is 0.185 e. The number of Topliss-reactive ketones (excluding diaryl/α,β-unsaturated/α-hetero) is 1. The Balaban J connectivity index is 1.63. The number of halogens is 2. The number of hydrogen-bond donors (Lipinski definition) is 0. The van der Waals surface area contributed by atoms with E-state index in [-0.39, 0.29) is 23.8 Å². The van der Waals surface area contributed by atoms with E-state index in [1.54, 1.807) is 12.3 Å². The van der Waals surface area contributed by atoms with Crippen LogP contribution in [0.4, 0.5) is 15.2 Å². The van der Waals surface area contributed by atoms with Crippen molar-refractivity contribution < 1.29 is 13.9 Å². The fourth-order valence-electron chi connectivity index (χ4n) is 3.29. The third-order valence-corrected chi connectivity index (χ3v) is 6.12. The van der Waals surface area contributed by atoms with Crippen molar-refractivity contribution in [3.8, 4) is 17.1 Å². The van der Waals surface area contributed by atoms with Crippen LogP contribution in [-0.4, -0.2) is 41.2 Å². The molecule has 9 heteroatoms. The Hall–Kier alpha value is -2.84. The van der Waals surface area contributed by atoms with Crippen molar-refractivity contribution in [1.82, 2.24) is 9.97 Å². The van der Waals surface area contributed by atoms with Crippen LogP contribution in [0.25, 0.3) is 11.4 Å². The minimum Gasteiger partial charge on any atom is -0.488 e. The van der Waals surface area contributed by atoms with E-state index in [2.05, 4.69) is 28.7 Å². The first kappa shape index (κ1) is 21.4. The molecule has 0 radical (unpaired) electrons. The number of rotatable bonds is 7. The van der Waals surface area contributed by atoms with Crippen molar-refractivity contribution in [1.29, 1.82) is 0 Å². The van der Waals surface area contributed by atoms with Gasteiger partial charge >= 0.3 is 0 Å². The van der Waals surface area contributed by atoms with Gasteiger partial charge in [0.25, 0.3) is 0 Å². The van der Waals surface area contributed by atoms with Crippen LogP contribution in [0.15, 0.2) is 40.8 Å². The number of carbonyl (C=O) groups is 1. The molecule has 1 aliphatic rings. The minimum absolute atomic E-state index is 0.0245. The molecule has 0 aliphatic carbocycles. The highest BCUT2D eigenvalue weighted by Crippen LogP contribution is 2.37. The zero-order chi connectivity index (χ0) is 22.0. The zero-order valence-corrected chi connectivity index (χ0v) is 18.6. The number of hydrogen-bond acceptors (Lipinski definition) is 7. The van der Waals surface area contributed by atoms with Crippen LogP contribution in [-0.2, 0) is 0 Å². The van der Waals surface area contributed by atoms with Crippen molar-refractivity contribution >= 4 is 45.3 Å². The second-order valence-electron chi connectivity index (χ2n) is 6.89. The lowest BCUT2D eigenvalue weighted by Crippen LogP contribution is -2.21. The largest absolute Gasteiger partial charge is 0.488 e. The first-order chi connectivity index (χ1) is 15.0. The Morgan fingerprint density at radius 3 is 2.81 bits per heavy atom. The fourth-order valence-corrected chi connectivity index (χ4v) is 4.40. The molecule has 6 nitrogen and oxygen atoms in total. The zero-order valence-electron chi connectivity index (χ0n) is 17.1. The molecular weight excluding hydrogens is 439 g/mol. The first-order valence-electron chi connectivity index (χ1n) is 9.87. The van der Waals surface area contributed by atoms with Crippen molar-refractivity contribution in [2.45, 2.75) is 20.3 Å². The normalized spacial score (nSPS) is 13.0. The minimum atomic E-state index is -0.517. The number of ketones is 1. The summed E-state index contributed by atoms with van der Waals surface area (Å²) in [6, 6.07) is 5.79. The van der Waals surface area contributed by atoms with Crippen molar-refractivity contribution in [3.63, 3.8) is 0 Å². The van der Waals surface area contributed by atoms with Crippen molar-refractivity contribution in [2.24, 2.45) is 4.99 Å². The van der Waals surface area contributed by atoms with E-state index in [1.807, 2.05) is 5.38 Å². The second-order valence-corrected chi connectivity index (χ2v) is 8.13. The van der Waals surface area contributed by atoms with Crippen LogP contribution in [0.3, 0.4) is 0 Å². The number of pyridine rings is 1. The Morgan fingerprint density at radius 1 is 1.26 bits per heavy atom. The van der Waals surface area contributed by atoms with E-state index in [1.165, 1.54) is 29.5 Å². The molecule has 0 fully saturated rings. The highest BCUT2D eigenvalue weighted by Gasteiger charge is 2.25. The third-order valence-electron chi connectivity index (χ3n) is 4.92. The predicted molar refractivity (Wildman–Crippen MR) is 122 cm³/mol. The monoisotopic (exact) mass is 458 g/mol. The molecule has 3 aromatic rings. The number of nitrogens with zero attached hydrogens (tertiary/aromatic N) is 4. The second kappa shape index (κ2) is 9.11. The molecule has 0 saturated heterocycles. The van der Waals surface area contributed by atoms with E-state index >= 15 is 0 Å². The molecule has 31 heavy (non-hydrogen) atoms. The van der Waals surface area contributed by atoms with Gasteiger partial charge in [0.15, 0.2) is 10.9 Å². The molecule has 0 N–H and O–H groups in total. The van der Waals surface area contributed by atoms with Gasteiger partial charge in [0.1, 0.15) is 35.2 Å². The number of fused-ring (bicyclic) bond motifs is 1. The maximum atomic E-state index is 13.3. The molecular formula is C22H20ClFN4O2S. The van der Waals surface area contributed by atoms with Crippen LogP contribution >= 0.6 is 22.9 Å². The lowest BCUT2D eigenvalue weighted by atomic mass is 9.99. The van der Waals surface area contributed by atoms with Gasteiger partial charge in [0.2, 0.25) is 0 Å². The molecule has 160 valence electrons. The molecule has 0 unspecified atom stereocenters. The van der Waals surface area contributed by atoms with Crippen LogP contribution in [0.2, 0.25) is 5.02 Å². The molecule has 0 amide bonds. The lowest BCUT2D eigenvalue weighted by Gasteiger charge is -2.17. The quantitative estimate of drug-likeness (QED) is 0.462. The van der Waals surface area contributed by atoms with Crippen LogP contribution in [0, 0.1) is 5.82 Å². The fraction of sp³-hybridized carbons (Fsp3) is 0.273. The third kappa shape index (κ3) is 4.45. The van der Waals surface area contributed by atoms with Crippen LogP contribution in [0.5, 0.6) is 5.75 Å². The van der Waals surface area contributed by atoms with Gasteiger partial charge in [-0.25, -0.2) is 9.37 Å². The summed E-state index contributed by atoms with van der Waals surface area (Å²) in [4.78, 5) is 28.7. The summed E-state index contributed by atoms with van der Waals surface area (Å²) in [7, 11) is 0. The summed E-state index contributed by atoms with van der Waals surface area (Å²) in [5, 5.41) is 2.81. The van der Waals surface area contributed by atoms with E-state index in [9.17, 15) is 9.18 Å². The van der Waals surface area contributed by atoms with Gasteiger partial charge in [-0.15, -0.1) is 11.3 Å². The summed E-state index contributed by atoms with van der Waals surface area (Å²) in [6.07, 6.45) is 1.76. The molecule has 0 atom stereocenters. The molecule has 0 saturated carbocycles. The van der Waals surface area contributed by atoms with Crippen molar-refractivity contribution in [2.75, 3.05) is 24.6 Å². The van der Waals surface area contributed by atoms with E-state index in [4.69, 9.17) is 21.3 Å². The lowest BCUT2D eigenvalue weighted by molar-refractivity contribution is 0.0998. The van der Waals surface area contributed by atoms with Gasteiger partial charge < -0.3 is 9.64 Å². The average molecular weight is 459 g/mol. The number of anilines is 1. The number of aromatic nitrogens is 2. The van der Waals surface area contributed by atoms with Crippen molar-refractivity contribution in [3.05, 3.63) is 52.2 Å². The van der Waals surface area contributed by atoms with Crippen LogP contribution in [0.1, 0.15) is 30.6 Å². The summed E-state index contributed by atoms with van der Waals surface area (Å²) in [5.74, 6) is -0.165. The van der Waals surface area contributed by atoms with E-state index in [0.717, 1.165) is 18.2 Å².